The zero-order valence-electron chi connectivity index (χ0n) is 18.2. The van der Waals surface area contributed by atoms with E-state index in [2.05, 4.69) is 5.32 Å². The van der Waals surface area contributed by atoms with Crippen molar-refractivity contribution >= 4 is 50.7 Å². The maximum Gasteiger partial charge on any atom is 0.244 e. The van der Waals surface area contributed by atoms with Crippen molar-refractivity contribution in [2.75, 3.05) is 23.7 Å². The number of benzene rings is 2. The fourth-order valence-electron chi connectivity index (χ4n) is 3.03. The number of carbonyl (C=O) groups excluding carboxylic acids is 2. The molecule has 1 atom stereocenters. The van der Waals surface area contributed by atoms with E-state index in [1.165, 1.54) is 17.0 Å². The van der Waals surface area contributed by atoms with Crippen LogP contribution in [0.3, 0.4) is 0 Å². The summed E-state index contributed by atoms with van der Waals surface area (Å²) in [5.74, 6) is -0.843. The predicted octanol–water partition coefficient (Wildman–Crippen LogP) is 3.70. The van der Waals surface area contributed by atoms with E-state index in [1.54, 1.807) is 43.3 Å². The van der Waals surface area contributed by atoms with Gasteiger partial charge in [0.25, 0.3) is 0 Å². The van der Waals surface area contributed by atoms with Crippen LogP contribution in [-0.2, 0) is 26.2 Å². The maximum absolute atomic E-state index is 13.3. The molecule has 2 rings (SSSR count). The number of sulfonamides is 1. The van der Waals surface area contributed by atoms with Crippen LogP contribution in [0.5, 0.6) is 0 Å². The predicted molar refractivity (Wildman–Crippen MR) is 128 cm³/mol. The summed E-state index contributed by atoms with van der Waals surface area (Å²) in [5, 5.41) is 3.72. The van der Waals surface area contributed by atoms with E-state index >= 15 is 0 Å². The van der Waals surface area contributed by atoms with Crippen LogP contribution in [0.15, 0.2) is 48.5 Å². The summed E-state index contributed by atoms with van der Waals surface area (Å²) in [6, 6.07) is 12.3. The summed E-state index contributed by atoms with van der Waals surface area (Å²) >= 11 is 12.0. The molecular weight excluding hydrogens is 473 g/mol. The lowest BCUT2D eigenvalue weighted by Crippen LogP contribution is -2.51. The van der Waals surface area contributed by atoms with Crippen LogP contribution in [0, 0.1) is 0 Å². The first kappa shape index (κ1) is 26.0. The van der Waals surface area contributed by atoms with Gasteiger partial charge in [-0.3, -0.25) is 13.9 Å². The molecule has 10 heteroatoms. The van der Waals surface area contributed by atoms with Gasteiger partial charge in [0, 0.05) is 23.1 Å². The average molecular weight is 500 g/mol. The molecule has 0 spiro atoms. The Morgan fingerprint density at radius 1 is 1.06 bits per heavy atom. The molecule has 7 nitrogen and oxygen atoms in total. The molecule has 0 aliphatic rings. The number of nitrogens with one attached hydrogen (secondary N) is 1. The molecule has 2 aromatic rings. The normalized spacial score (nSPS) is 12.2. The zero-order valence-corrected chi connectivity index (χ0v) is 20.5. The van der Waals surface area contributed by atoms with Gasteiger partial charge in [-0.05, 0) is 55.3 Å². The van der Waals surface area contributed by atoms with Crippen LogP contribution >= 0.6 is 23.2 Å². The van der Waals surface area contributed by atoms with Crippen molar-refractivity contribution in [1.29, 1.82) is 0 Å². The third-order valence-corrected chi connectivity index (χ3v) is 6.38. The number of hydrogen-bond donors (Lipinski definition) is 1. The molecule has 32 heavy (non-hydrogen) atoms. The lowest BCUT2D eigenvalue weighted by Gasteiger charge is -2.31. The van der Waals surface area contributed by atoms with E-state index < -0.39 is 28.5 Å². The van der Waals surface area contributed by atoms with Crippen LogP contribution in [0.4, 0.5) is 5.69 Å². The SMILES string of the molecule is CCCNC(=O)C(C)N(Cc1cccc(Cl)c1)C(=O)CN(c1ccc(Cl)cc1)S(C)(=O)=O. The third-order valence-electron chi connectivity index (χ3n) is 4.75. The molecule has 0 aliphatic heterocycles. The molecule has 0 bridgehead atoms. The Balaban J connectivity index is 2.35. The van der Waals surface area contributed by atoms with Crippen molar-refractivity contribution in [3.8, 4) is 0 Å². The Hall–Kier alpha value is -2.29. The second-order valence-electron chi connectivity index (χ2n) is 7.36. The fraction of sp³-hybridized carbons (Fsp3) is 0.364. The molecule has 1 N–H and O–H groups in total. The first-order valence-corrected chi connectivity index (χ1v) is 12.7. The molecule has 0 aromatic heterocycles. The zero-order chi connectivity index (χ0) is 23.9. The van der Waals surface area contributed by atoms with Crippen molar-refractivity contribution in [3.05, 3.63) is 64.1 Å². The summed E-state index contributed by atoms with van der Waals surface area (Å²) in [5.41, 5.74) is 1.02. The van der Waals surface area contributed by atoms with Crippen LogP contribution in [0.25, 0.3) is 0 Å². The molecule has 0 heterocycles. The summed E-state index contributed by atoms with van der Waals surface area (Å²) in [6.45, 7) is 3.64. The van der Waals surface area contributed by atoms with Gasteiger partial charge in [0.1, 0.15) is 12.6 Å². The average Bonchev–Trinajstić information content (AvgIpc) is 2.73. The molecule has 0 radical (unpaired) electrons. The quantitative estimate of drug-likeness (QED) is 0.539. The second kappa shape index (κ2) is 11.5. The summed E-state index contributed by atoms with van der Waals surface area (Å²) in [7, 11) is -3.78. The summed E-state index contributed by atoms with van der Waals surface area (Å²) < 4.78 is 25.9. The standard InChI is InChI=1S/C22H27Cl2N3O4S/c1-4-12-25-22(29)16(2)26(14-17-6-5-7-19(24)13-17)21(28)15-27(32(3,30)31)20-10-8-18(23)9-11-20/h5-11,13,16H,4,12,14-15H2,1-3H3,(H,25,29). The fourth-order valence-corrected chi connectivity index (χ4v) is 4.22. The summed E-state index contributed by atoms with van der Waals surface area (Å²) in [4.78, 5) is 27.3. The van der Waals surface area contributed by atoms with Crippen molar-refractivity contribution in [2.24, 2.45) is 0 Å². The Bertz CT molecular complexity index is 1050. The van der Waals surface area contributed by atoms with Gasteiger partial charge in [-0.2, -0.15) is 0 Å². The number of nitrogens with zero attached hydrogens (tertiary/aromatic N) is 2. The molecule has 1 unspecified atom stereocenters. The van der Waals surface area contributed by atoms with Crippen molar-refractivity contribution in [2.45, 2.75) is 32.9 Å². The smallest absolute Gasteiger partial charge is 0.244 e. The minimum Gasteiger partial charge on any atom is -0.354 e. The molecule has 0 aliphatic carbocycles. The highest BCUT2D eigenvalue weighted by Gasteiger charge is 2.30. The first-order valence-electron chi connectivity index (χ1n) is 10.1. The van der Waals surface area contributed by atoms with Crippen LogP contribution < -0.4 is 9.62 Å². The third kappa shape index (κ3) is 7.39. The highest BCUT2D eigenvalue weighted by molar-refractivity contribution is 7.92. The number of anilines is 1. The highest BCUT2D eigenvalue weighted by Crippen LogP contribution is 2.22. The molecule has 0 saturated heterocycles. The number of halogens is 2. The number of carbonyl (C=O) groups is 2. The van der Waals surface area contributed by atoms with Gasteiger partial charge in [-0.1, -0.05) is 42.3 Å². The largest absolute Gasteiger partial charge is 0.354 e. The van der Waals surface area contributed by atoms with E-state index in [9.17, 15) is 18.0 Å². The minimum absolute atomic E-state index is 0.0956. The van der Waals surface area contributed by atoms with E-state index in [0.717, 1.165) is 22.5 Å². The topological polar surface area (TPSA) is 86.8 Å². The van der Waals surface area contributed by atoms with Gasteiger partial charge in [-0.25, -0.2) is 8.42 Å². The van der Waals surface area contributed by atoms with Crippen molar-refractivity contribution < 1.29 is 18.0 Å². The molecule has 2 aromatic carbocycles. The van der Waals surface area contributed by atoms with Gasteiger partial charge in [0.05, 0.1) is 11.9 Å². The second-order valence-corrected chi connectivity index (χ2v) is 10.1. The maximum atomic E-state index is 13.3. The van der Waals surface area contributed by atoms with Gasteiger partial charge >= 0.3 is 0 Å². The van der Waals surface area contributed by atoms with Crippen molar-refractivity contribution in [3.63, 3.8) is 0 Å². The number of rotatable bonds is 10. The molecule has 2 amide bonds. The van der Waals surface area contributed by atoms with E-state index in [-0.39, 0.29) is 12.5 Å². The van der Waals surface area contributed by atoms with Gasteiger partial charge in [0.2, 0.25) is 21.8 Å². The Kier molecular flexibility index (Phi) is 9.36. The minimum atomic E-state index is -3.78. The first-order chi connectivity index (χ1) is 15.0. The lowest BCUT2D eigenvalue weighted by molar-refractivity contribution is -0.139. The molecule has 0 saturated carbocycles. The molecular formula is C22H27Cl2N3O4S. The van der Waals surface area contributed by atoms with Crippen LogP contribution in [0.1, 0.15) is 25.8 Å². The lowest BCUT2D eigenvalue weighted by atomic mass is 10.1. The van der Waals surface area contributed by atoms with Crippen LogP contribution in [-0.4, -0.2) is 50.5 Å². The van der Waals surface area contributed by atoms with Gasteiger partial charge < -0.3 is 10.2 Å². The molecule has 0 fully saturated rings. The van der Waals surface area contributed by atoms with Crippen LogP contribution in [0.2, 0.25) is 10.0 Å². The molecule has 174 valence electrons. The number of hydrogen-bond acceptors (Lipinski definition) is 4. The van der Waals surface area contributed by atoms with Gasteiger partial charge in [-0.15, -0.1) is 0 Å². The van der Waals surface area contributed by atoms with E-state index in [1.807, 2.05) is 6.92 Å². The summed E-state index contributed by atoms with van der Waals surface area (Å²) in [6.07, 6.45) is 1.77. The Labute approximate surface area is 199 Å². The van der Waals surface area contributed by atoms with E-state index in [0.29, 0.717) is 22.3 Å². The van der Waals surface area contributed by atoms with Crippen molar-refractivity contribution in [1.82, 2.24) is 10.2 Å². The Morgan fingerprint density at radius 3 is 2.28 bits per heavy atom. The van der Waals surface area contributed by atoms with E-state index in [4.69, 9.17) is 23.2 Å². The Morgan fingerprint density at radius 2 is 1.72 bits per heavy atom. The number of amides is 2. The van der Waals surface area contributed by atoms with Gasteiger partial charge in [0.15, 0.2) is 0 Å². The monoisotopic (exact) mass is 499 g/mol. The highest BCUT2D eigenvalue weighted by atomic mass is 35.5.